The van der Waals surface area contributed by atoms with Gasteiger partial charge in [-0.1, -0.05) is 241 Å². The van der Waals surface area contributed by atoms with Gasteiger partial charge < -0.3 is 29.2 Å². The summed E-state index contributed by atoms with van der Waals surface area (Å²) in [6.45, 7) is 25.7. The van der Waals surface area contributed by atoms with Crippen LogP contribution in [0.1, 0.15) is 116 Å². The molecule has 0 N–H and O–H groups in total. The molecule has 7 aliphatic heterocycles. The van der Waals surface area contributed by atoms with Gasteiger partial charge in [0, 0.05) is 85.1 Å². The summed E-state index contributed by atoms with van der Waals surface area (Å²) in [5, 5.41) is 0. The van der Waals surface area contributed by atoms with Crippen molar-refractivity contribution in [3.63, 3.8) is 0 Å². The molecule has 0 saturated carbocycles. The lowest BCUT2D eigenvalue weighted by Crippen LogP contribution is -2.70. The minimum atomic E-state index is -0.498. The second kappa shape index (κ2) is 20.1. The highest BCUT2D eigenvalue weighted by Gasteiger charge is 2.56. The van der Waals surface area contributed by atoms with Crippen molar-refractivity contribution in [1.82, 2.24) is 0 Å². The van der Waals surface area contributed by atoms with Gasteiger partial charge in [-0.3, -0.25) is 0 Å². The molecule has 0 radical (unpaired) electrons. The van der Waals surface area contributed by atoms with Crippen molar-refractivity contribution in [3.05, 3.63) is 265 Å². The standard InChI is InChI=1S/C88H76B3N5O/c1-85(2,3)55-38-42-63-69(48-55)93(58-32-22-15-23-33-58)75-52-76-79-82-78(75)89(63)65-44-40-61(87(7,8)9)83-80(65)96(82)81-66(45-41-62(84(81)97-83)88(10,11)12)91(79)68-50-67-71(51-72(68)95(76)60-36-26-17-27-37-60)94(59-34-24-16-25-35-59)74-47-54(53-28-18-13-19-29-53)46-73-77(74)90(67)64-43-39-56(86(4,5)6)49-70(64)92(73)57-30-20-14-21-31-57/h13-52H,1-12H3/i20D,21D,22D,23D,24D,25D,26D,27D. The van der Waals surface area contributed by atoms with Crippen LogP contribution in [0.4, 0.5) is 85.3 Å². The number of hydrogen-bond acceptors (Lipinski definition) is 6. The average Bonchev–Trinajstić information content (AvgIpc) is 0.656. The normalized spacial score (nSPS) is 15.9. The van der Waals surface area contributed by atoms with Crippen molar-refractivity contribution in [2.24, 2.45) is 0 Å². The molecule has 97 heavy (non-hydrogen) atoms. The van der Waals surface area contributed by atoms with Crippen LogP contribution in [0.3, 0.4) is 0 Å². The predicted molar refractivity (Wildman–Crippen MR) is 414 cm³/mol. The summed E-state index contributed by atoms with van der Waals surface area (Å²) in [6.07, 6.45) is 0. The Bertz CT molecular complexity index is 5820. The van der Waals surface area contributed by atoms with Gasteiger partial charge in [0.25, 0.3) is 20.1 Å². The lowest BCUT2D eigenvalue weighted by Gasteiger charge is -2.53. The Kier molecular flexibility index (Phi) is 10.4. The molecular weight excluding hydrogens is 1180 g/mol. The van der Waals surface area contributed by atoms with E-state index in [1.165, 1.54) is 0 Å². The van der Waals surface area contributed by atoms with Gasteiger partial charge in [0.1, 0.15) is 0 Å². The molecule has 468 valence electrons. The van der Waals surface area contributed by atoms with Gasteiger partial charge in [0.05, 0.1) is 22.3 Å². The third-order valence-electron chi connectivity index (χ3n) is 21.6. The number of benzene rings is 12. The Morgan fingerprint density at radius 1 is 0.278 bits per heavy atom. The van der Waals surface area contributed by atoms with Gasteiger partial charge in [-0.15, -0.1) is 0 Å². The van der Waals surface area contributed by atoms with Crippen LogP contribution in [0, 0.1) is 0 Å². The summed E-state index contributed by atoms with van der Waals surface area (Å²) >= 11 is 0. The SMILES string of the molecule is [2H]c1cc([2H])cc(N2c3cc(C(C)(C)C)ccc3B3c4cc5c(cc4N(c4cc([2H])cc([2H])c4)c4cc(-c6ccccc6)cc2c43)N(c2cc([2H])cc([2H])c2)c2cc3c4c6c2B5c2ccc(C(C)(C)C)c5c2N6c2c(ccc(C(C)(C)C)c2O5)B4c2ccc(C(C)(C)C)cc2N3c2cc([2H])cc([2H])c2)c1. The molecule has 12 aromatic rings. The maximum atomic E-state index is 9.63. The Morgan fingerprint density at radius 2 is 0.629 bits per heavy atom. The first kappa shape index (κ1) is 50.1. The molecule has 19 rings (SSSR count). The summed E-state index contributed by atoms with van der Waals surface area (Å²) in [4.78, 5) is 11.7. The highest BCUT2D eigenvalue weighted by Crippen LogP contribution is 2.60. The van der Waals surface area contributed by atoms with Gasteiger partial charge >= 0.3 is 0 Å². The highest BCUT2D eigenvalue weighted by atomic mass is 16.5. The zero-order valence-corrected chi connectivity index (χ0v) is 56.9. The maximum Gasteiger partial charge on any atom is 0.252 e. The van der Waals surface area contributed by atoms with Crippen LogP contribution in [0.2, 0.25) is 0 Å². The predicted octanol–water partition coefficient (Wildman–Crippen LogP) is 17.4. The fourth-order valence-corrected chi connectivity index (χ4v) is 17.2. The van der Waals surface area contributed by atoms with Gasteiger partial charge in [-0.2, -0.15) is 0 Å². The molecule has 0 aliphatic carbocycles. The Morgan fingerprint density at radius 3 is 1.02 bits per heavy atom. The van der Waals surface area contributed by atoms with Crippen LogP contribution in [0.25, 0.3) is 11.1 Å². The number of anilines is 15. The van der Waals surface area contributed by atoms with Crippen LogP contribution < -0.4 is 78.4 Å². The van der Waals surface area contributed by atoms with Crippen LogP contribution in [-0.4, -0.2) is 20.1 Å². The minimum absolute atomic E-state index is 0.178. The van der Waals surface area contributed by atoms with Crippen molar-refractivity contribution in [1.29, 1.82) is 0 Å². The zero-order chi connectivity index (χ0) is 73.0. The monoisotopic (exact) mass is 1260 g/mol. The van der Waals surface area contributed by atoms with Crippen LogP contribution in [0.5, 0.6) is 11.5 Å². The largest absolute Gasteiger partial charge is 0.452 e. The smallest absolute Gasteiger partial charge is 0.252 e. The number of rotatable bonds is 5. The second-order valence-electron chi connectivity index (χ2n) is 31.5. The summed E-state index contributed by atoms with van der Waals surface area (Å²) in [5.74, 6) is 1.62. The van der Waals surface area contributed by atoms with E-state index in [-0.39, 0.29) is 71.3 Å². The van der Waals surface area contributed by atoms with Crippen LogP contribution in [-0.2, 0) is 21.7 Å². The molecule has 0 atom stereocenters. The molecule has 9 heteroatoms. The molecule has 0 spiro atoms. The van der Waals surface area contributed by atoms with E-state index < -0.39 is 18.8 Å². The quantitative estimate of drug-likeness (QED) is 0.159. The molecule has 7 aliphatic rings. The van der Waals surface area contributed by atoms with Crippen LogP contribution in [0.15, 0.2) is 242 Å². The van der Waals surface area contributed by atoms with E-state index >= 15 is 0 Å². The molecule has 0 unspecified atom stereocenters. The van der Waals surface area contributed by atoms with E-state index in [1.54, 1.807) is 24.3 Å². The molecule has 0 aromatic heterocycles. The first-order valence-corrected chi connectivity index (χ1v) is 34.1. The molecule has 12 aromatic carbocycles. The fraction of sp³-hybridized carbons (Fsp3) is 0.182. The highest BCUT2D eigenvalue weighted by molar-refractivity contribution is 7.06. The van der Waals surface area contributed by atoms with Crippen molar-refractivity contribution < 1.29 is 15.7 Å². The van der Waals surface area contributed by atoms with Gasteiger partial charge in [-0.25, -0.2) is 0 Å². The molecule has 0 fully saturated rings. The van der Waals surface area contributed by atoms with E-state index in [4.69, 9.17) is 4.74 Å². The topological polar surface area (TPSA) is 25.4 Å². The third kappa shape index (κ3) is 8.24. The second-order valence-corrected chi connectivity index (χ2v) is 31.5. The molecule has 0 saturated heterocycles. The zero-order valence-electron chi connectivity index (χ0n) is 64.9. The maximum absolute atomic E-state index is 9.63. The molecule has 0 amide bonds. The first-order valence-electron chi connectivity index (χ1n) is 38.1. The van der Waals surface area contributed by atoms with Crippen LogP contribution >= 0.6 is 0 Å². The van der Waals surface area contributed by atoms with Crippen molar-refractivity contribution in [2.45, 2.75) is 105 Å². The Hall–Kier alpha value is -10.4. The Labute approximate surface area is 583 Å². The number of para-hydroxylation sites is 4. The molecular formula is C88H76B3N5O. The first-order chi connectivity index (χ1) is 49.9. The average molecular weight is 1260 g/mol. The van der Waals surface area contributed by atoms with Gasteiger partial charge in [0.15, 0.2) is 11.5 Å². The van der Waals surface area contributed by atoms with E-state index in [9.17, 15) is 11.0 Å². The fourth-order valence-electron chi connectivity index (χ4n) is 17.2. The minimum Gasteiger partial charge on any atom is -0.452 e. The summed E-state index contributed by atoms with van der Waals surface area (Å²) in [7, 11) is 0. The number of nitrogens with zero attached hydrogens (tertiary/aromatic N) is 5. The number of fused-ring (bicyclic) bond motifs is 10. The summed E-state index contributed by atoms with van der Waals surface area (Å²) in [5.41, 5.74) is 26.9. The molecule has 6 nitrogen and oxygen atoms in total. The van der Waals surface area contributed by atoms with Crippen molar-refractivity contribution >= 4 is 155 Å². The van der Waals surface area contributed by atoms with Gasteiger partial charge in [0.2, 0.25) is 0 Å². The van der Waals surface area contributed by atoms with Gasteiger partial charge in [-0.05, 0) is 178 Å². The molecule has 7 heterocycles. The lowest BCUT2D eigenvalue weighted by atomic mass is 9.27. The lowest BCUT2D eigenvalue weighted by molar-refractivity contribution is 0.433. The van der Waals surface area contributed by atoms with E-state index in [2.05, 4.69) is 223 Å². The summed E-state index contributed by atoms with van der Waals surface area (Å²) < 4.78 is 83.4. The van der Waals surface area contributed by atoms with E-state index in [1.807, 2.05) is 54.6 Å². The number of hydrogen-bond donors (Lipinski definition) is 0. The Balaban J connectivity index is 1.00. The third-order valence-corrected chi connectivity index (χ3v) is 21.6. The summed E-state index contributed by atoms with van der Waals surface area (Å²) in [6, 6.07) is 67.9. The number of ether oxygens (including phenoxy) is 1. The van der Waals surface area contributed by atoms with E-state index in [0.29, 0.717) is 22.7 Å². The molecule has 0 bridgehead atoms. The van der Waals surface area contributed by atoms with Crippen molar-refractivity contribution in [3.8, 4) is 22.6 Å². The van der Waals surface area contributed by atoms with Crippen molar-refractivity contribution in [2.75, 3.05) is 24.5 Å². The van der Waals surface area contributed by atoms with E-state index in [0.717, 1.165) is 157 Å².